The Morgan fingerprint density at radius 1 is 0.846 bits per heavy atom. The summed E-state index contributed by atoms with van der Waals surface area (Å²) in [6, 6.07) is 0. The molecule has 0 rings (SSSR count). The van der Waals surface area contributed by atoms with Crippen molar-refractivity contribution in [2.24, 2.45) is 0 Å². The first-order chi connectivity index (χ1) is 5.45. The van der Waals surface area contributed by atoms with E-state index in [1.165, 1.54) is 21.6 Å². The van der Waals surface area contributed by atoms with Crippen LogP contribution in [0, 0.1) is 0 Å². The van der Waals surface area contributed by atoms with Crippen LogP contribution in [-0.2, 0) is 17.1 Å². The van der Waals surface area contributed by atoms with E-state index in [-0.39, 0.29) is 17.1 Å². The van der Waals surface area contributed by atoms with Crippen LogP contribution in [0.1, 0.15) is 0 Å². The molecule has 78 valence electrons. The summed E-state index contributed by atoms with van der Waals surface area (Å²) in [5.41, 5.74) is 0. The topological polar surface area (TPSA) is 6.48 Å². The van der Waals surface area contributed by atoms with Gasteiger partial charge in [-0.3, -0.25) is 0 Å². The maximum Gasteiger partial charge on any atom is 0.146 e. The van der Waals surface area contributed by atoms with Crippen LogP contribution in [-0.4, -0.2) is 46.6 Å². The van der Waals surface area contributed by atoms with Gasteiger partial charge in [0.25, 0.3) is 0 Å². The molecule has 0 aromatic rings. The number of hydrogen-bond acceptors (Lipinski definition) is 4. The predicted octanol–water partition coefficient (Wildman–Crippen LogP) is 2.06. The van der Waals surface area contributed by atoms with Crippen LogP contribution in [0.5, 0.6) is 0 Å². The molecule has 0 saturated heterocycles. The van der Waals surface area contributed by atoms with E-state index in [1.807, 2.05) is 38.0 Å². The van der Waals surface area contributed by atoms with E-state index in [0.717, 1.165) is 8.64 Å². The van der Waals surface area contributed by atoms with E-state index in [2.05, 4.69) is 0 Å². The van der Waals surface area contributed by atoms with Gasteiger partial charge in [0.05, 0.1) is 0 Å². The Morgan fingerprint density at radius 2 is 1.08 bits per heavy atom. The van der Waals surface area contributed by atoms with Crippen molar-refractivity contribution in [2.45, 2.75) is 0 Å². The third-order valence-corrected chi connectivity index (χ3v) is 5.07. The van der Waals surface area contributed by atoms with Crippen molar-refractivity contribution in [1.82, 2.24) is 9.80 Å². The van der Waals surface area contributed by atoms with E-state index in [1.54, 1.807) is 0 Å². The second kappa shape index (κ2) is 8.32. The summed E-state index contributed by atoms with van der Waals surface area (Å²) in [7, 11) is 10.7. The van der Waals surface area contributed by atoms with Gasteiger partial charge in [-0.15, -0.1) is 0 Å². The largest absolute Gasteiger partial charge is 0.363 e. The molecule has 0 atom stereocenters. The molecule has 0 spiro atoms. The molecule has 0 unspecified atom stereocenters. The van der Waals surface area contributed by atoms with E-state index >= 15 is 0 Å². The van der Waals surface area contributed by atoms with Crippen LogP contribution in [0.25, 0.3) is 0 Å². The van der Waals surface area contributed by atoms with Gasteiger partial charge in [0, 0.05) is 45.3 Å². The first-order valence-corrected chi connectivity index (χ1v) is 6.19. The van der Waals surface area contributed by atoms with E-state index in [0.29, 0.717) is 0 Å². The van der Waals surface area contributed by atoms with Gasteiger partial charge in [-0.05, 0) is 21.6 Å². The zero-order valence-electron chi connectivity index (χ0n) is 7.88. The molecule has 0 heterocycles. The van der Waals surface area contributed by atoms with E-state index in [9.17, 15) is 0 Å². The predicted molar refractivity (Wildman–Crippen MR) is 67.8 cm³/mol. The Kier molecular flexibility index (Phi) is 10.5. The van der Waals surface area contributed by atoms with Crippen molar-refractivity contribution in [3.63, 3.8) is 0 Å². The van der Waals surface area contributed by atoms with Gasteiger partial charge >= 0.3 is 0 Å². The fraction of sp³-hybridized carbons (Fsp3) is 0.667. The van der Waals surface area contributed by atoms with E-state index < -0.39 is 0 Å². The summed E-state index contributed by atoms with van der Waals surface area (Å²) < 4.78 is 1.67. The van der Waals surface area contributed by atoms with Gasteiger partial charge in [0.2, 0.25) is 0 Å². The maximum absolute atomic E-state index is 5.07. The van der Waals surface area contributed by atoms with Gasteiger partial charge in [0.1, 0.15) is 8.64 Å². The fourth-order valence-corrected chi connectivity index (χ4v) is 2.60. The van der Waals surface area contributed by atoms with Crippen LogP contribution < -0.4 is 0 Å². The van der Waals surface area contributed by atoms with Crippen LogP contribution in [0.2, 0.25) is 0 Å². The fourth-order valence-electron chi connectivity index (χ4n) is 0.220. The van der Waals surface area contributed by atoms with Gasteiger partial charge in [-0.2, -0.15) is 0 Å². The summed E-state index contributed by atoms with van der Waals surface area (Å²) in [5, 5.41) is 0. The van der Waals surface area contributed by atoms with Crippen LogP contribution >= 0.6 is 46.0 Å². The average Bonchev–Trinajstić information content (AvgIpc) is 1.98. The third-order valence-electron chi connectivity index (χ3n) is 0.915. The van der Waals surface area contributed by atoms with Crippen molar-refractivity contribution < 1.29 is 17.1 Å². The standard InChI is InChI=1S/C6H12N2S4.Fe/c1-7(2)5(9)11-12-6(10)8(3)4;/h1-4H3;. The summed E-state index contributed by atoms with van der Waals surface area (Å²) >= 11 is 10.1. The second-order valence-corrected chi connectivity index (χ2v) is 5.88. The van der Waals surface area contributed by atoms with Crippen molar-refractivity contribution in [2.75, 3.05) is 28.2 Å². The van der Waals surface area contributed by atoms with Gasteiger partial charge in [-0.1, -0.05) is 24.4 Å². The first-order valence-electron chi connectivity index (χ1n) is 3.22. The normalized spacial score (nSPS) is 8.62. The van der Waals surface area contributed by atoms with Crippen LogP contribution in [0.4, 0.5) is 0 Å². The molecule has 0 fully saturated rings. The molecule has 2 nitrogen and oxygen atoms in total. The third kappa shape index (κ3) is 8.03. The molecule has 0 aromatic carbocycles. The minimum Gasteiger partial charge on any atom is -0.363 e. The summed E-state index contributed by atoms with van der Waals surface area (Å²) in [4.78, 5) is 3.79. The Labute approximate surface area is 109 Å². The molecule has 0 aliphatic carbocycles. The molecule has 13 heavy (non-hydrogen) atoms. The number of hydrogen-bond donors (Lipinski definition) is 0. The summed E-state index contributed by atoms with van der Waals surface area (Å²) in [5.74, 6) is 0. The van der Waals surface area contributed by atoms with Crippen molar-refractivity contribution in [3.8, 4) is 0 Å². The molecule has 0 radical (unpaired) electrons. The average molecular weight is 296 g/mol. The molecular formula is C6H12FeN2S4. The van der Waals surface area contributed by atoms with Crippen LogP contribution in [0.3, 0.4) is 0 Å². The Morgan fingerprint density at radius 3 is 1.23 bits per heavy atom. The maximum atomic E-state index is 5.07. The molecule has 0 aromatic heterocycles. The Bertz CT molecular complexity index is 163. The molecule has 0 saturated carbocycles. The Balaban J connectivity index is 0. The number of rotatable bonds is 0. The van der Waals surface area contributed by atoms with Crippen molar-refractivity contribution >= 4 is 54.7 Å². The number of nitrogens with zero attached hydrogens (tertiary/aromatic N) is 2. The van der Waals surface area contributed by atoms with Gasteiger partial charge in [0.15, 0.2) is 0 Å². The molecule has 0 amide bonds. The molecule has 0 aliphatic rings. The first kappa shape index (κ1) is 16.4. The molecular weight excluding hydrogens is 284 g/mol. The molecule has 0 N–H and O–H groups in total. The summed E-state index contributed by atoms with van der Waals surface area (Å²) in [6.45, 7) is 0. The van der Waals surface area contributed by atoms with Gasteiger partial charge in [-0.25, -0.2) is 0 Å². The SMILES string of the molecule is CN(C)C(=S)SSC(=S)N(C)C.[Fe]. The number of thiocarbonyl (C=S) groups is 2. The van der Waals surface area contributed by atoms with Gasteiger partial charge < -0.3 is 9.80 Å². The Hall–Kier alpha value is 0.999. The van der Waals surface area contributed by atoms with Crippen molar-refractivity contribution in [1.29, 1.82) is 0 Å². The molecule has 0 bridgehead atoms. The zero-order chi connectivity index (χ0) is 9.72. The second-order valence-electron chi connectivity index (χ2n) is 2.49. The summed E-state index contributed by atoms with van der Waals surface area (Å²) in [6.07, 6.45) is 0. The monoisotopic (exact) mass is 296 g/mol. The van der Waals surface area contributed by atoms with Crippen molar-refractivity contribution in [3.05, 3.63) is 0 Å². The quantitative estimate of drug-likeness (QED) is 0.381. The van der Waals surface area contributed by atoms with E-state index in [4.69, 9.17) is 24.4 Å². The van der Waals surface area contributed by atoms with Crippen LogP contribution in [0.15, 0.2) is 0 Å². The minimum atomic E-state index is 0. The minimum absolute atomic E-state index is 0. The zero-order valence-corrected chi connectivity index (χ0v) is 12.3. The molecule has 7 heteroatoms. The molecule has 0 aliphatic heterocycles. The smallest absolute Gasteiger partial charge is 0.146 e.